The van der Waals surface area contributed by atoms with Gasteiger partial charge in [-0.25, -0.2) is 0 Å². The van der Waals surface area contributed by atoms with Crippen molar-refractivity contribution < 1.29 is 14.3 Å². The van der Waals surface area contributed by atoms with Crippen LogP contribution in [-0.2, 0) is 16.1 Å². The van der Waals surface area contributed by atoms with E-state index in [1.54, 1.807) is 36.4 Å². The molecule has 0 aliphatic rings. The maximum atomic E-state index is 12.3. The molecular weight excluding hydrogens is 328 g/mol. The van der Waals surface area contributed by atoms with Gasteiger partial charge in [-0.15, -0.1) is 0 Å². The maximum Gasteiger partial charge on any atom is 0.255 e. The molecule has 0 saturated heterocycles. The number of carbonyl (C=O) groups is 2. The molecule has 0 radical (unpaired) electrons. The van der Waals surface area contributed by atoms with Crippen LogP contribution in [0.15, 0.2) is 48.5 Å². The molecule has 0 heterocycles. The molecule has 26 heavy (non-hydrogen) atoms. The summed E-state index contributed by atoms with van der Waals surface area (Å²) in [7, 11) is 0. The predicted octanol–water partition coefficient (Wildman–Crippen LogP) is 4.46. The molecule has 2 rings (SSSR count). The second-order valence-electron chi connectivity index (χ2n) is 6.73. The van der Waals surface area contributed by atoms with E-state index in [4.69, 9.17) is 4.74 Å². The number of benzene rings is 2. The van der Waals surface area contributed by atoms with E-state index in [0.29, 0.717) is 23.5 Å². The minimum atomic E-state index is -0.180. The lowest BCUT2D eigenvalue weighted by molar-refractivity contribution is -0.118. The Balaban J connectivity index is 1.93. The Labute approximate surface area is 154 Å². The summed E-state index contributed by atoms with van der Waals surface area (Å²) in [5.74, 6) is -0.299. The van der Waals surface area contributed by atoms with E-state index in [1.165, 1.54) is 0 Å². The van der Waals surface area contributed by atoms with Gasteiger partial charge in [0.2, 0.25) is 5.91 Å². The molecule has 138 valence electrons. The van der Waals surface area contributed by atoms with E-state index in [9.17, 15) is 9.59 Å². The van der Waals surface area contributed by atoms with Crippen molar-refractivity contribution in [2.24, 2.45) is 5.92 Å². The Kier molecular flexibility index (Phi) is 6.92. The van der Waals surface area contributed by atoms with Crippen LogP contribution in [0.1, 0.15) is 43.6 Å². The molecule has 0 unspecified atom stereocenters. The highest BCUT2D eigenvalue weighted by Crippen LogP contribution is 2.16. The van der Waals surface area contributed by atoms with E-state index >= 15 is 0 Å². The van der Waals surface area contributed by atoms with Gasteiger partial charge in [0.15, 0.2) is 0 Å². The topological polar surface area (TPSA) is 67.4 Å². The van der Waals surface area contributed by atoms with Crippen molar-refractivity contribution in [1.29, 1.82) is 0 Å². The first-order chi connectivity index (χ1) is 12.3. The number of amides is 2. The van der Waals surface area contributed by atoms with Crippen molar-refractivity contribution in [3.63, 3.8) is 0 Å². The van der Waals surface area contributed by atoms with Crippen molar-refractivity contribution in [3.8, 4) is 0 Å². The van der Waals surface area contributed by atoms with Gasteiger partial charge in [0, 0.05) is 22.9 Å². The molecular formula is C21H26N2O3. The molecule has 5 heteroatoms. The van der Waals surface area contributed by atoms with Gasteiger partial charge >= 0.3 is 0 Å². The maximum absolute atomic E-state index is 12.3. The number of ether oxygens (including phenoxy) is 1. The summed E-state index contributed by atoms with van der Waals surface area (Å²) in [4.78, 5) is 24.0. The molecule has 0 aliphatic carbocycles. The van der Waals surface area contributed by atoms with E-state index in [0.717, 1.165) is 5.56 Å². The monoisotopic (exact) mass is 354 g/mol. The van der Waals surface area contributed by atoms with Crippen molar-refractivity contribution >= 4 is 23.2 Å². The average Bonchev–Trinajstić information content (AvgIpc) is 2.61. The van der Waals surface area contributed by atoms with Gasteiger partial charge in [-0.1, -0.05) is 26.0 Å². The van der Waals surface area contributed by atoms with Crippen LogP contribution < -0.4 is 10.6 Å². The van der Waals surface area contributed by atoms with Crippen LogP contribution in [0.25, 0.3) is 0 Å². The molecule has 0 aliphatic heterocycles. The third kappa shape index (κ3) is 6.01. The number of anilines is 2. The Bertz CT molecular complexity index is 735. The minimum absolute atomic E-state index is 0.0386. The van der Waals surface area contributed by atoms with Crippen LogP contribution in [0.5, 0.6) is 0 Å². The van der Waals surface area contributed by atoms with Gasteiger partial charge in [0.1, 0.15) is 0 Å². The fourth-order valence-electron chi connectivity index (χ4n) is 2.14. The van der Waals surface area contributed by atoms with Gasteiger partial charge in [-0.2, -0.15) is 0 Å². The highest BCUT2D eigenvalue weighted by molar-refractivity contribution is 6.04. The third-order valence-corrected chi connectivity index (χ3v) is 3.73. The van der Waals surface area contributed by atoms with Gasteiger partial charge in [0.05, 0.1) is 12.7 Å². The average molecular weight is 354 g/mol. The molecule has 5 nitrogen and oxygen atoms in total. The summed E-state index contributed by atoms with van der Waals surface area (Å²) in [5, 5.41) is 5.66. The lowest BCUT2D eigenvalue weighted by atomic mass is 10.1. The normalized spacial score (nSPS) is 10.8. The molecule has 0 aromatic heterocycles. The Morgan fingerprint density at radius 2 is 1.38 bits per heavy atom. The Morgan fingerprint density at radius 3 is 1.88 bits per heavy atom. The van der Waals surface area contributed by atoms with E-state index in [1.807, 2.05) is 39.8 Å². The SMILES string of the molecule is CC(C)OCc1ccc(C(=O)Nc2ccc(NC(=O)C(C)C)cc2)cc1. The van der Waals surface area contributed by atoms with Gasteiger partial charge in [0.25, 0.3) is 5.91 Å². The van der Waals surface area contributed by atoms with Crippen LogP contribution in [-0.4, -0.2) is 17.9 Å². The number of carbonyl (C=O) groups excluding carboxylic acids is 2. The summed E-state index contributed by atoms with van der Waals surface area (Å²) in [6, 6.07) is 14.4. The van der Waals surface area contributed by atoms with Gasteiger partial charge < -0.3 is 15.4 Å². The van der Waals surface area contributed by atoms with Crippen LogP contribution in [0, 0.1) is 5.92 Å². The molecule has 2 aromatic carbocycles. The highest BCUT2D eigenvalue weighted by atomic mass is 16.5. The van der Waals surface area contributed by atoms with E-state index < -0.39 is 0 Å². The first-order valence-corrected chi connectivity index (χ1v) is 8.78. The van der Waals surface area contributed by atoms with Crippen molar-refractivity contribution in [2.45, 2.75) is 40.4 Å². The zero-order chi connectivity index (χ0) is 19.1. The lowest BCUT2D eigenvalue weighted by Gasteiger charge is -2.10. The van der Waals surface area contributed by atoms with E-state index in [2.05, 4.69) is 10.6 Å². The largest absolute Gasteiger partial charge is 0.374 e. The van der Waals surface area contributed by atoms with Crippen LogP contribution >= 0.6 is 0 Å². The fraction of sp³-hybridized carbons (Fsp3) is 0.333. The van der Waals surface area contributed by atoms with Crippen molar-refractivity contribution in [1.82, 2.24) is 0 Å². The Hall–Kier alpha value is -2.66. The molecule has 2 N–H and O–H groups in total. The molecule has 0 bridgehead atoms. The lowest BCUT2D eigenvalue weighted by Crippen LogP contribution is -2.17. The molecule has 0 fully saturated rings. The highest BCUT2D eigenvalue weighted by Gasteiger charge is 2.09. The minimum Gasteiger partial charge on any atom is -0.374 e. The summed E-state index contributed by atoms with van der Waals surface area (Å²) >= 11 is 0. The second kappa shape index (κ2) is 9.15. The summed E-state index contributed by atoms with van der Waals surface area (Å²) in [6.45, 7) is 8.18. The third-order valence-electron chi connectivity index (χ3n) is 3.73. The summed E-state index contributed by atoms with van der Waals surface area (Å²) < 4.78 is 5.55. The van der Waals surface area contributed by atoms with Crippen molar-refractivity contribution in [3.05, 3.63) is 59.7 Å². The number of hydrogen-bond donors (Lipinski definition) is 2. The van der Waals surface area contributed by atoms with Crippen molar-refractivity contribution in [2.75, 3.05) is 10.6 Å². The zero-order valence-electron chi connectivity index (χ0n) is 15.7. The Morgan fingerprint density at radius 1 is 0.846 bits per heavy atom. The van der Waals surface area contributed by atoms with Gasteiger partial charge in [-0.05, 0) is 55.8 Å². The predicted molar refractivity (Wildman–Crippen MR) is 104 cm³/mol. The zero-order valence-corrected chi connectivity index (χ0v) is 15.7. The number of nitrogens with one attached hydrogen (secondary N) is 2. The van der Waals surface area contributed by atoms with Crippen LogP contribution in [0.3, 0.4) is 0 Å². The standard InChI is InChI=1S/C21H26N2O3/c1-14(2)20(24)22-18-9-11-19(12-10-18)23-21(25)17-7-5-16(6-8-17)13-26-15(3)4/h5-12,14-15H,13H2,1-4H3,(H,22,24)(H,23,25). The van der Waals surface area contributed by atoms with Gasteiger partial charge in [-0.3, -0.25) is 9.59 Å². The quantitative estimate of drug-likeness (QED) is 0.771. The first-order valence-electron chi connectivity index (χ1n) is 8.78. The smallest absolute Gasteiger partial charge is 0.255 e. The van der Waals surface area contributed by atoms with Crippen LogP contribution in [0.4, 0.5) is 11.4 Å². The fourth-order valence-corrected chi connectivity index (χ4v) is 2.14. The molecule has 0 atom stereocenters. The number of hydrogen-bond acceptors (Lipinski definition) is 3. The molecule has 2 aromatic rings. The molecule has 2 amide bonds. The summed E-state index contributed by atoms with van der Waals surface area (Å²) in [5.41, 5.74) is 2.98. The second-order valence-corrected chi connectivity index (χ2v) is 6.73. The van der Waals surface area contributed by atoms with Crippen LogP contribution in [0.2, 0.25) is 0 Å². The summed E-state index contributed by atoms with van der Waals surface area (Å²) in [6.07, 6.45) is 0.172. The molecule has 0 saturated carbocycles. The van der Waals surface area contributed by atoms with E-state index in [-0.39, 0.29) is 23.8 Å². The molecule has 0 spiro atoms. The number of rotatable bonds is 7. The first kappa shape index (κ1) is 19.7.